The maximum absolute atomic E-state index is 13.6. The highest BCUT2D eigenvalue weighted by Gasteiger charge is 2.10. The molecule has 100 valence electrons. The smallest absolute Gasteiger partial charge is 0.129 e. The van der Waals surface area contributed by atoms with E-state index in [1.807, 2.05) is 31.2 Å². The maximum Gasteiger partial charge on any atom is 0.129 e. The largest absolute Gasteiger partial charge is 0.306 e. The van der Waals surface area contributed by atoms with E-state index >= 15 is 0 Å². The Bertz CT molecular complexity index is 554. The van der Waals surface area contributed by atoms with E-state index in [0.29, 0.717) is 17.1 Å². The fourth-order valence-corrected chi connectivity index (χ4v) is 2.50. The summed E-state index contributed by atoms with van der Waals surface area (Å²) in [4.78, 5) is 0. The van der Waals surface area contributed by atoms with Crippen molar-refractivity contribution in [2.45, 2.75) is 19.5 Å². The second kappa shape index (κ2) is 6.51. The molecule has 0 radical (unpaired) electrons. The molecule has 0 aliphatic carbocycles. The van der Waals surface area contributed by atoms with E-state index < -0.39 is 0 Å². The topological polar surface area (TPSA) is 12.0 Å². The number of benzene rings is 2. The molecule has 0 aliphatic rings. The van der Waals surface area contributed by atoms with Crippen molar-refractivity contribution in [3.8, 4) is 0 Å². The van der Waals surface area contributed by atoms with Crippen LogP contribution in [-0.2, 0) is 6.54 Å². The summed E-state index contributed by atoms with van der Waals surface area (Å²) in [5.74, 6) is -0.276. The van der Waals surface area contributed by atoms with Gasteiger partial charge in [-0.25, -0.2) is 4.39 Å². The van der Waals surface area contributed by atoms with Crippen LogP contribution >= 0.6 is 27.5 Å². The molecule has 0 heterocycles. The lowest BCUT2D eigenvalue weighted by molar-refractivity contribution is 0.544. The molecule has 0 aliphatic heterocycles. The van der Waals surface area contributed by atoms with Crippen LogP contribution < -0.4 is 5.32 Å². The van der Waals surface area contributed by atoms with Crippen molar-refractivity contribution in [2.75, 3.05) is 0 Å². The van der Waals surface area contributed by atoms with Crippen LogP contribution in [0, 0.1) is 5.82 Å². The van der Waals surface area contributed by atoms with Crippen molar-refractivity contribution in [3.05, 3.63) is 68.9 Å². The van der Waals surface area contributed by atoms with Crippen LogP contribution in [0.5, 0.6) is 0 Å². The SMILES string of the molecule is C[C@@H](NCc1c(F)cccc1Cl)c1cccc(Br)c1. The van der Waals surface area contributed by atoms with Gasteiger partial charge in [0.25, 0.3) is 0 Å². The zero-order chi connectivity index (χ0) is 13.8. The molecule has 0 bridgehead atoms. The average Bonchev–Trinajstić information content (AvgIpc) is 2.38. The van der Waals surface area contributed by atoms with Crippen LogP contribution in [0.2, 0.25) is 5.02 Å². The van der Waals surface area contributed by atoms with Crippen LogP contribution in [0.25, 0.3) is 0 Å². The zero-order valence-corrected chi connectivity index (χ0v) is 12.8. The first-order valence-corrected chi connectivity index (χ1v) is 7.17. The van der Waals surface area contributed by atoms with Gasteiger partial charge in [-0.2, -0.15) is 0 Å². The fourth-order valence-electron chi connectivity index (χ4n) is 1.85. The summed E-state index contributed by atoms with van der Waals surface area (Å²) < 4.78 is 14.7. The van der Waals surface area contributed by atoms with Gasteiger partial charge in [-0.3, -0.25) is 0 Å². The average molecular weight is 343 g/mol. The number of hydrogen-bond donors (Lipinski definition) is 1. The summed E-state index contributed by atoms with van der Waals surface area (Å²) in [6, 6.07) is 12.9. The molecule has 0 aromatic heterocycles. The van der Waals surface area contributed by atoms with Crippen LogP contribution in [-0.4, -0.2) is 0 Å². The van der Waals surface area contributed by atoms with Gasteiger partial charge < -0.3 is 5.32 Å². The van der Waals surface area contributed by atoms with Gasteiger partial charge in [0.2, 0.25) is 0 Å². The van der Waals surface area contributed by atoms with E-state index in [1.165, 1.54) is 6.07 Å². The first kappa shape index (κ1) is 14.5. The van der Waals surface area contributed by atoms with E-state index in [1.54, 1.807) is 12.1 Å². The monoisotopic (exact) mass is 341 g/mol. The molecule has 2 aromatic carbocycles. The summed E-state index contributed by atoms with van der Waals surface area (Å²) in [7, 11) is 0. The molecule has 19 heavy (non-hydrogen) atoms. The van der Waals surface area contributed by atoms with Crippen molar-refractivity contribution in [3.63, 3.8) is 0 Å². The number of rotatable bonds is 4. The lowest BCUT2D eigenvalue weighted by Crippen LogP contribution is -2.19. The molecular formula is C15H14BrClFN. The van der Waals surface area contributed by atoms with Crippen LogP contribution in [0.15, 0.2) is 46.9 Å². The molecule has 4 heteroatoms. The second-order valence-electron chi connectivity index (χ2n) is 4.36. The van der Waals surface area contributed by atoms with E-state index in [0.717, 1.165) is 10.0 Å². The third-order valence-corrected chi connectivity index (χ3v) is 3.84. The Morgan fingerprint density at radius 3 is 2.68 bits per heavy atom. The Hall–Kier alpha value is -0.900. The minimum absolute atomic E-state index is 0.119. The van der Waals surface area contributed by atoms with Crippen LogP contribution in [0.4, 0.5) is 4.39 Å². The molecule has 0 fully saturated rings. The summed E-state index contributed by atoms with van der Waals surface area (Å²) in [6.45, 7) is 2.44. The van der Waals surface area contributed by atoms with Gasteiger partial charge >= 0.3 is 0 Å². The molecule has 2 aromatic rings. The second-order valence-corrected chi connectivity index (χ2v) is 5.68. The minimum atomic E-state index is -0.276. The van der Waals surface area contributed by atoms with Gasteiger partial charge in [0, 0.05) is 27.6 Å². The summed E-state index contributed by atoms with van der Waals surface area (Å²) in [5, 5.41) is 3.73. The molecule has 0 unspecified atom stereocenters. The maximum atomic E-state index is 13.6. The number of nitrogens with one attached hydrogen (secondary N) is 1. The molecule has 0 amide bonds. The first-order valence-electron chi connectivity index (χ1n) is 5.99. The lowest BCUT2D eigenvalue weighted by Gasteiger charge is -2.15. The van der Waals surface area contributed by atoms with E-state index in [2.05, 4.69) is 21.2 Å². The molecule has 2 rings (SSSR count). The Morgan fingerprint density at radius 2 is 2.00 bits per heavy atom. The predicted molar refractivity (Wildman–Crippen MR) is 80.8 cm³/mol. The molecule has 1 N–H and O–H groups in total. The van der Waals surface area contributed by atoms with Gasteiger partial charge in [-0.05, 0) is 36.8 Å². The van der Waals surface area contributed by atoms with E-state index in [4.69, 9.17) is 11.6 Å². The Balaban J connectivity index is 2.06. The van der Waals surface area contributed by atoms with E-state index in [-0.39, 0.29) is 11.9 Å². The number of hydrogen-bond acceptors (Lipinski definition) is 1. The minimum Gasteiger partial charge on any atom is -0.306 e. The van der Waals surface area contributed by atoms with Gasteiger partial charge in [0.1, 0.15) is 5.82 Å². The third-order valence-electron chi connectivity index (χ3n) is 3.00. The van der Waals surface area contributed by atoms with Gasteiger partial charge in [-0.15, -0.1) is 0 Å². The highest BCUT2D eigenvalue weighted by Crippen LogP contribution is 2.21. The van der Waals surface area contributed by atoms with E-state index in [9.17, 15) is 4.39 Å². The van der Waals surface area contributed by atoms with Crippen LogP contribution in [0.1, 0.15) is 24.1 Å². The number of halogens is 3. The van der Waals surface area contributed by atoms with Gasteiger partial charge in [0.05, 0.1) is 0 Å². The van der Waals surface area contributed by atoms with Crippen molar-refractivity contribution in [2.24, 2.45) is 0 Å². The van der Waals surface area contributed by atoms with Crippen molar-refractivity contribution in [1.82, 2.24) is 5.32 Å². The molecular weight excluding hydrogens is 329 g/mol. The van der Waals surface area contributed by atoms with Crippen molar-refractivity contribution >= 4 is 27.5 Å². The molecule has 0 spiro atoms. The summed E-state index contributed by atoms with van der Waals surface area (Å²) in [5.41, 5.74) is 1.65. The molecule has 0 saturated carbocycles. The standard InChI is InChI=1S/C15H14BrClFN/c1-10(11-4-2-5-12(16)8-11)19-9-13-14(17)6-3-7-15(13)18/h2-8,10,19H,9H2,1H3/t10-/m1/s1. The van der Waals surface area contributed by atoms with Crippen molar-refractivity contribution in [1.29, 1.82) is 0 Å². The van der Waals surface area contributed by atoms with Gasteiger partial charge in [-0.1, -0.05) is 45.7 Å². The molecule has 1 atom stereocenters. The Labute approximate surface area is 125 Å². The Morgan fingerprint density at radius 1 is 1.26 bits per heavy atom. The summed E-state index contributed by atoms with van der Waals surface area (Å²) >= 11 is 9.44. The normalized spacial score (nSPS) is 12.4. The third kappa shape index (κ3) is 3.78. The summed E-state index contributed by atoms with van der Waals surface area (Å²) in [6.07, 6.45) is 0. The van der Waals surface area contributed by atoms with Crippen molar-refractivity contribution < 1.29 is 4.39 Å². The predicted octanol–water partition coefficient (Wildman–Crippen LogP) is 5.09. The first-order chi connectivity index (χ1) is 9.08. The zero-order valence-electron chi connectivity index (χ0n) is 10.5. The fraction of sp³-hybridized carbons (Fsp3) is 0.200. The molecule has 0 saturated heterocycles. The Kier molecular flexibility index (Phi) is 4.97. The molecule has 1 nitrogen and oxygen atoms in total. The van der Waals surface area contributed by atoms with Crippen LogP contribution in [0.3, 0.4) is 0 Å². The van der Waals surface area contributed by atoms with Gasteiger partial charge in [0.15, 0.2) is 0 Å². The highest BCUT2D eigenvalue weighted by atomic mass is 79.9. The lowest BCUT2D eigenvalue weighted by atomic mass is 10.1. The quantitative estimate of drug-likeness (QED) is 0.816. The highest BCUT2D eigenvalue weighted by molar-refractivity contribution is 9.10.